The summed E-state index contributed by atoms with van der Waals surface area (Å²) in [6, 6.07) is 26.1. The van der Waals surface area contributed by atoms with Gasteiger partial charge in [0.15, 0.2) is 0 Å². The van der Waals surface area contributed by atoms with Crippen LogP contribution in [0.3, 0.4) is 0 Å². The fourth-order valence-corrected chi connectivity index (χ4v) is 2.90. The second kappa shape index (κ2) is 8.34. The molecule has 0 fully saturated rings. The van der Waals surface area contributed by atoms with Crippen LogP contribution < -0.4 is 10.1 Å². The molecule has 3 nitrogen and oxygen atoms in total. The molecule has 1 N–H and O–H groups in total. The Kier molecular flexibility index (Phi) is 5.69. The Hall–Kier alpha value is -3.07. The molecule has 0 aliphatic carbocycles. The molecule has 0 aliphatic rings. The third-order valence-corrected chi connectivity index (χ3v) is 4.42. The van der Waals surface area contributed by atoms with Crippen molar-refractivity contribution in [1.29, 1.82) is 0 Å². The number of carbonyl (C=O) groups is 1. The summed E-state index contributed by atoms with van der Waals surface area (Å²) in [5.74, 6) is 0.826. The van der Waals surface area contributed by atoms with Gasteiger partial charge >= 0.3 is 0 Å². The molecule has 0 unspecified atom stereocenters. The summed E-state index contributed by atoms with van der Waals surface area (Å²) in [5, 5.41) is 3.05. The molecule has 0 spiro atoms. The van der Waals surface area contributed by atoms with Gasteiger partial charge in [0.1, 0.15) is 5.75 Å². The maximum absolute atomic E-state index is 12.3. The molecule has 0 bridgehead atoms. The second-order valence-electron chi connectivity index (χ2n) is 6.30. The van der Waals surface area contributed by atoms with Crippen molar-refractivity contribution in [3.8, 4) is 16.9 Å². The zero-order chi connectivity index (χ0) is 18.4. The molecule has 0 heterocycles. The first-order valence-electron chi connectivity index (χ1n) is 8.73. The number of hydrogen-bond acceptors (Lipinski definition) is 2. The number of amides is 1. The van der Waals surface area contributed by atoms with Gasteiger partial charge in [0.2, 0.25) is 5.91 Å². The Balaban J connectivity index is 1.59. The minimum absolute atomic E-state index is 0.0146. The highest BCUT2D eigenvalue weighted by molar-refractivity contribution is 5.79. The Morgan fingerprint density at radius 1 is 0.885 bits per heavy atom. The van der Waals surface area contributed by atoms with Gasteiger partial charge in [-0.2, -0.15) is 0 Å². The molecule has 132 valence electrons. The van der Waals surface area contributed by atoms with Crippen molar-refractivity contribution < 1.29 is 9.53 Å². The van der Waals surface area contributed by atoms with E-state index in [0.29, 0.717) is 6.42 Å². The van der Waals surface area contributed by atoms with E-state index in [4.69, 9.17) is 4.74 Å². The van der Waals surface area contributed by atoms with Gasteiger partial charge in [-0.15, -0.1) is 0 Å². The number of hydrogen-bond donors (Lipinski definition) is 1. The molecule has 3 heteroatoms. The topological polar surface area (TPSA) is 38.3 Å². The molecule has 1 atom stereocenters. The lowest BCUT2D eigenvalue weighted by atomic mass is 10.0. The zero-order valence-corrected chi connectivity index (χ0v) is 15.1. The van der Waals surface area contributed by atoms with Crippen molar-refractivity contribution in [2.24, 2.45) is 0 Å². The van der Waals surface area contributed by atoms with Crippen LogP contribution in [0, 0.1) is 0 Å². The third-order valence-electron chi connectivity index (χ3n) is 4.42. The van der Waals surface area contributed by atoms with Crippen LogP contribution in [0.1, 0.15) is 24.1 Å². The molecular weight excluding hydrogens is 322 g/mol. The van der Waals surface area contributed by atoms with E-state index in [2.05, 4.69) is 29.6 Å². The maximum atomic E-state index is 12.3. The van der Waals surface area contributed by atoms with E-state index in [0.717, 1.165) is 22.4 Å². The average Bonchev–Trinajstić information content (AvgIpc) is 2.69. The van der Waals surface area contributed by atoms with E-state index in [9.17, 15) is 4.79 Å². The van der Waals surface area contributed by atoms with E-state index in [1.165, 1.54) is 5.56 Å². The van der Waals surface area contributed by atoms with E-state index in [-0.39, 0.29) is 11.9 Å². The molecule has 0 aromatic heterocycles. The van der Waals surface area contributed by atoms with Gasteiger partial charge < -0.3 is 10.1 Å². The highest BCUT2D eigenvalue weighted by Crippen LogP contribution is 2.20. The normalized spacial score (nSPS) is 11.6. The Bertz CT molecular complexity index is 840. The molecule has 0 saturated carbocycles. The highest BCUT2D eigenvalue weighted by Gasteiger charge is 2.10. The lowest BCUT2D eigenvalue weighted by Gasteiger charge is -2.15. The Morgan fingerprint density at radius 2 is 1.50 bits per heavy atom. The number of carbonyl (C=O) groups excluding carboxylic acids is 1. The minimum atomic E-state index is -0.0444. The van der Waals surface area contributed by atoms with Crippen LogP contribution in [-0.4, -0.2) is 13.0 Å². The SMILES string of the molecule is COc1ccc([C@@H](C)NC(=O)Cc2ccc(-c3ccccc3)cc2)cc1. The average molecular weight is 345 g/mol. The maximum Gasteiger partial charge on any atom is 0.224 e. The van der Waals surface area contributed by atoms with Crippen LogP contribution in [0.15, 0.2) is 78.9 Å². The number of benzene rings is 3. The van der Waals surface area contributed by atoms with Crippen LogP contribution in [-0.2, 0) is 11.2 Å². The van der Waals surface area contributed by atoms with Crippen LogP contribution in [0.4, 0.5) is 0 Å². The molecular formula is C23H23NO2. The van der Waals surface area contributed by atoms with Crippen molar-refractivity contribution >= 4 is 5.91 Å². The molecule has 0 radical (unpaired) electrons. The summed E-state index contributed by atoms with van der Waals surface area (Å²) in [6.45, 7) is 1.98. The first-order valence-corrected chi connectivity index (χ1v) is 8.73. The summed E-state index contributed by atoms with van der Waals surface area (Å²) < 4.78 is 5.16. The first-order chi connectivity index (χ1) is 12.7. The predicted octanol–water partition coefficient (Wildman–Crippen LogP) is 4.78. The monoisotopic (exact) mass is 345 g/mol. The standard InChI is InChI=1S/C23H23NO2/c1-17(19-12-14-22(26-2)15-13-19)24-23(25)16-18-8-10-21(11-9-18)20-6-4-3-5-7-20/h3-15,17H,16H2,1-2H3,(H,24,25)/t17-/m1/s1. The van der Waals surface area contributed by atoms with Crippen LogP contribution in [0.5, 0.6) is 5.75 Å². The number of ether oxygens (including phenoxy) is 1. The van der Waals surface area contributed by atoms with Crippen molar-refractivity contribution in [2.45, 2.75) is 19.4 Å². The van der Waals surface area contributed by atoms with Gasteiger partial charge in [-0.25, -0.2) is 0 Å². The van der Waals surface area contributed by atoms with E-state index < -0.39 is 0 Å². The second-order valence-corrected chi connectivity index (χ2v) is 6.30. The van der Waals surface area contributed by atoms with Crippen molar-refractivity contribution in [3.05, 3.63) is 90.0 Å². The summed E-state index contributed by atoms with van der Waals surface area (Å²) in [7, 11) is 1.64. The van der Waals surface area contributed by atoms with E-state index >= 15 is 0 Å². The summed E-state index contributed by atoms with van der Waals surface area (Å²) in [5.41, 5.74) is 4.39. The fraction of sp³-hybridized carbons (Fsp3) is 0.174. The number of methoxy groups -OCH3 is 1. The zero-order valence-electron chi connectivity index (χ0n) is 15.1. The summed E-state index contributed by atoms with van der Waals surface area (Å²) in [4.78, 5) is 12.3. The summed E-state index contributed by atoms with van der Waals surface area (Å²) in [6.07, 6.45) is 0.371. The molecule has 0 saturated heterocycles. The van der Waals surface area contributed by atoms with Gasteiger partial charge in [-0.3, -0.25) is 4.79 Å². The lowest BCUT2D eigenvalue weighted by Crippen LogP contribution is -2.28. The molecule has 3 aromatic rings. The van der Waals surface area contributed by atoms with Crippen LogP contribution in [0.2, 0.25) is 0 Å². The molecule has 26 heavy (non-hydrogen) atoms. The quantitative estimate of drug-likeness (QED) is 0.698. The Labute approximate surface area is 154 Å². The van der Waals surface area contributed by atoms with Gasteiger partial charge in [0.05, 0.1) is 19.6 Å². The third kappa shape index (κ3) is 4.51. The van der Waals surface area contributed by atoms with Gasteiger partial charge in [0, 0.05) is 0 Å². The molecule has 0 aliphatic heterocycles. The fourth-order valence-electron chi connectivity index (χ4n) is 2.90. The first kappa shape index (κ1) is 17.7. The van der Waals surface area contributed by atoms with Crippen molar-refractivity contribution in [1.82, 2.24) is 5.32 Å². The van der Waals surface area contributed by atoms with Crippen molar-refractivity contribution in [3.63, 3.8) is 0 Å². The minimum Gasteiger partial charge on any atom is -0.497 e. The van der Waals surface area contributed by atoms with Gasteiger partial charge in [0.25, 0.3) is 0 Å². The summed E-state index contributed by atoms with van der Waals surface area (Å²) >= 11 is 0. The smallest absolute Gasteiger partial charge is 0.224 e. The largest absolute Gasteiger partial charge is 0.497 e. The molecule has 3 rings (SSSR count). The van der Waals surface area contributed by atoms with Gasteiger partial charge in [-0.05, 0) is 41.3 Å². The Morgan fingerprint density at radius 3 is 2.12 bits per heavy atom. The predicted molar refractivity (Wildman–Crippen MR) is 105 cm³/mol. The highest BCUT2D eigenvalue weighted by atomic mass is 16.5. The van der Waals surface area contributed by atoms with Gasteiger partial charge in [-0.1, -0.05) is 66.7 Å². The number of nitrogens with one attached hydrogen (secondary N) is 1. The number of rotatable bonds is 6. The molecule has 3 aromatic carbocycles. The van der Waals surface area contributed by atoms with Crippen LogP contribution >= 0.6 is 0 Å². The van der Waals surface area contributed by atoms with E-state index in [1.807, 2.05) is 61.5 Å². The van der Waals surface area contributed by atoms with Crippen molar-refractivity contribution in [2.75, 3.05) is 7.11 Å². The van der Waals surface area contributed by atoms with Crippen LogP contribution in [0.25, 0.3) is 11.1 Å². The van der Waals surface area contributed by atoms with E-state index in [1.54, 1.807) is 7.11 Å². The molecule has 1 amide bonds. The lowest BCUT2D eigenvalue weighted by molar-refractivity contribution is -0.121.